The highest BCUT2D eigenvalue weighted by atomic mass is 15.3. The van der Waals surface area contributed by atoms with Crippen LogP contribution >= 0.6 is 0 Å². The number of rotatable bonds is 5. The van der Waals surface area contributed by atoms with Gasteiger partial charge in [-0.3, -0.25) is 4.68 Å². The molecule has 0 amide bonds. The van der Waals surface area contributed by atoms with E-state index in [0.717, 1.165) is 18.8 Å². The Morgan fingerprint density at radius 1 is 1.22 bits per heavy atom. The lowest BCUT2D eigenvalue weighted by Crippen LogP contribution is -2.14. The van der Waals surface area contributed by atoms with Crippen molar-refractivity contribution in [1.82, 2.24) is 15.1 Å². The highest BCUT2D eigenvalue weighted by Gasteiger charge is 2.04. The molecule has 1 aromatic heterocycles. The van der Waals surface area contributed by atoms with Gasteiger partial charge in [0, 0.05) is 12.7 Å². The standard InChI is InChI=1S/C15H21N3/c1-12(10-16-3)15-6-4-14(5-7-15)11-18-9-8-13(2)17-18/h4-9,12,16H,10-11H2,1-3H3. The number of hydrogen-bond acceptors (Lipinski definition) is 2. The van der Waals surface area contributed by atoms with E-state index in [0.29, 0.717) is 5.92 Å². The number of hydrogen-bond donors (Lipinski definition) is 1. The van der Waals surface area contributed by atoms with Crippen molar-refractivity contribution in [1.29, 1.82) is 0 Å². The number of nitrogens with one attached hydrogen (secondary N) is 1. The van der Waals surface area contributed by atoms with E-state index in [1.165, 1.54) is 11.1 Å². The summed E-state index contributed by atoms with van der Waals surface area (Å²) in [6.07, 6.45) is 2.02. The van der Waals surface area contributed by atoms with Crippen LogP contribution in [0.4, 0.5) is 0 Å². The summed E-state index contributed by atoms with van der Waals surface area (Å²) in [5.74, 6) is 0.552. The van der Waals surface area contributed by atoms with Crippen LogP contribution < -0.4 is 5.32 Å². The first-order valence-electron chi connectivity index (χ1n) is 6.42. The van der Waals surface area contributed by atoms with Crippen molar-refractivity contribution in [3.63, 3.8) is 0 Å². The Morgan fingerprint density at radius 3 is 2.50 bits per heavy atom. The minimum absolute atomic E-state index is 0.552. The van der Waals surface area contributed by atoms with E-state index in [1.807, 2.05) is 30.9 Å². The van der Waals surface area contributed by atoms with Gasteiger partial charge in [-0.25, -0.2) is 0 Å². The van der Waals surface area contributed by atoms with Gasteiger partial charge in [0.25, 0.3) is 0 Å². The average Bonchev–Trinajstić information content (AvgIpc) is 2.76. The van der Waals surface area contributed by atoms with E-state index in [1.54, 1.807) is 0 Å². The summed E-state index contributed by atoms with van der Waals surface area (Å²) < 4.78 is 1.97. The van der Waals surface area contributed by atoms with Crippen LogP contribution in [-0.2, 0) is 6.54 Å². The molecule has 96 valence electrons. The molecule has 2 aromatic rings. The molecule has 0 bridgehead atoms. The molecule has 0 fully saturated rings. The maximum Gasteiger partial charge on any atom is 0.0659 e. The van der Waals surface area contributed by atoms with E-state index >= 15 is 0 Å². The quantitative estimate of drug-likeness (QED) is 0.874. The first-order chi connectivity index (χ1) is 8.69. The van der Waals surface area contributed by atoms with Gasteiger partial charge >= 0.3 is 0 Å². The van der Waals surface area contributed by atoms with Crippen molar-refractivity contribution in [2.45, 2.75) is 26.3 Å². The minimum atomic E-state index is 0.552. The molecule has 0 saturated carbocycles. The zero-order valence-corrected chi connectivity index (χ0v) is 11.4. The molecule has 3 nitrogen and oxygen atoms in total. The molecule has 0 saturated heterocycles. The zero-order chi connectivity index (χ0) is 13.0. The maximum absolute atomic E-state index is 4.40. The second-order valence-corrected chi connectivity index (χ2v) is 4.86. The van der Waals surface area contributed by atoms with Crippen LogP contribution in [0.1, 0.15) is 29.7 Å². The highest BCUT2D eigenvalue weighted by molar-refractivity contribution is 5.25. The summed E-state index contributed by atoms with van der Waals surface area (Å²) in [6.45, 7) is 6.10. The summed E-state index contributed by atoms with van der Waals surface area (Å²) in [5, 5.41) is 7.61. The molecule has 1 aromatic carbocycles. The van der Waals surface area contributed by atoms with Crippen LogP contribution in [0, 0.1) is 6.92 Å². The lowest BCUT2D eigenvalue weighted by atomic mass is 10.00. The van der Waals surface area contributed by atoms with Crippen LogP contribution in [-0.4, -0.2) is 23.4 Å². The van der Waals surface area contributed by atoms with Gasteiger partial charge in [0.15, 0.2) is 0 Å². The molecular weight excluding hydrogens is 222 g/mol. The molecular formula is C15H21N3. The molecule has 18 heavy (non-hydrogen) atoms. The van der Waals surface area contributed by atoms with Crippen molar-refractivity contribution < 1.29 is 0 Å². The van der Waals surface area contributed by atoms with Gasteiger partial charge in [-0.2, -0.15) is 5.10 Å². The van der Waals surface area contributed by atoms with Gasteiger partial charge < -0.3 is 5.32 Å². The lowest BCUT2D eigenvalue weighted by molar-refractivity contribution is 0.670. The molecule has 1 heterocycles. The average molecular weight is 243 g/mol. The molecule has 1 N–H and O–H groups in total. The van der Waals surface area contributed by atoms with E-state index in [4.69, 9.17) is 0 Å². The maximum atomic E-state index is 4.40. The zero-order valence-electron chi connectivity index (χ0n) is 11.4. The summed E-state index contributed by atoms with van der Waals surface area (Å²) in [7, 11) is 1.99. The first kappa shape index (κ1) is 12.8. The molecule has 0 aliphatic heterocycles. The van der Waals surface area contributed by atoms with Gasteiger partial charge in [-0.05, 0) is 37.1 Å². The van der Waals surface area contributed by atoms with E-state index in [-0.39, 0.29) is 0 Å². The molecule has 0 aliphatic carbocycles. The van der Waals surface area contributed by atoms with Crippen LogP contribution in [0.3, 0.4) is 0 Å². The largest absolute Gasteiger partial charge is 0.319 e. The topological polar surface area (TPSA) is 29.9 Å². The predicted molar refractivity (Wildman–Crippen MR) is 74.8 cm³/mol. The smallest absolute Gasteiger partial charge is 0.0659 e. The fourth-order valence-electron chi connectivity index (χ4n) is 2.11. The van der Waals surface area contributed by atoms with Crippen molar-refractivity contribution in [3.8, 4) is 0 Å². The summed E-state index contributed by atoms with van der Waals surface area (Å²) >= 11 is 0. The summed E-state index contributed by atoms with van der Waals surface area (Å²) in [4.78, 5) is 0. The van der Waals surface area contributed by atoms with Crippen LogP contribution in [0.25, 0.3) is 0 Å². The molecule has 0 aliphatic rings. The molecule has 1 unspecified atom stereocenters. The van der Waals surface area contributed by atoms with Crippen LogP contribution in [0.2, 0.25) is 0 Å². The fourth-order valence-corrected chi connectivity index (χ4v) is 2.11. The number of benzene rings is 1. The number of likely N-dealkylation sites (N-methyl/N-ethyl adjacent to an activating group) is 1. The van der Waals surface area contributed by atoms with E-state index < -0.39 is 0 Å². The molecule has 0 spiro atoms. The summed E-state index contributed by atoms with van der Waals surface area (Å²) in [5.41, 5.74) is 3.73. The third-order valence-electron chi connectivity index (χ3n) is 3.18. The van der Waals surface area contributed by atoms with Crippen molar-refractivity contribution in [3.05, 3.63) is 53.3 Å². The minimum Gasteiger partial charge on any atom is -0.319 e. The number of aryl methyl sites for hydroxylation is 1. The van der Waals surface area contributed by atoms with Gasteiger partial charge in [0.1, 0.15) is 0 Å². The van der Waals surface area contributed by atoms with Crippen molar-refractivity contribution >= 4 is 0 Å². The number of nitrogens with zero attached hydrogens (tertiary/aromatic N) is 2. The van der Waals surface area contributed by atoms with Crippen LogP contribution in [0.15, 0.2) is 36.5 Å². The Labute approximate surface area is 109 Å². The second kappa shape index (κ2) is 5.83. The van der Waals surface area contributed by atoms with Crippen molar-refractivity contribution in [2.24, 2.45) is 0 Å². The third-order valence-corrected chi connectivity index (χ3v) is 3.18. The Kier molecular flexibility index (Phi) is 4.15. The molecule has 2 rings (SSSR count). The monoisotopic (exact) mass is 243 g/mol. The Hall–Kier alpha value is -1.61. The molecule has 3 heteroatoms. The summed E-state index contributed by atoms with van der Waals surface area (Å²) in [6, 6.07) is 10.8. The van der Waals surface area contributed by atoms with Crippen LogP contribution in [0.5, 0.6) is 0 Å². The van der Waals surface area contributed by atoms with Gasteiger partial charge in [0.2, 0.25) is 0 Å². The lowest BCUT2D eigenvalue weighted by Gasteiger charge is -2.11. The van der Waals surface area contributed by atoms with Gasteiger partial charge in [-0.1, -0.05) is 31.2 Å². The van der Waals surface area contributed by atoms with Gasteiger partial charge in [0.05, 0.1) is 12.2 Å². The normalized spacial score (nSPS) is 12.6. The van der Waals surface area contributed by atoms with Gasteiger partial charge in [-0.15, -0.1) is 0 Å². The first-order valence-corrected chi connectivity index (χ1v) is 6.42. The highest BCUT2D eigenvalue weighted by Crippen LogP contribution is 2.15. The Morgan fingerprint density at radius 2 is 1.94 bits per heavy atom. The molecule has 1 atom stereocenters. The Bertz CT molecular complexity index is 485. The Balaban J connectivity index is 2.03. The third kappa shape index (κ3) is 3.20. The molecule has 0 radical (unpaired) electrons. The van der Waals surface area contributed by atoms with Crippen molar-refractivity contribution in [2.75, 3.05) is 13.6 Å². The van der Waals surface area contributed by atoms with E-state index in [9.17, 15) is 0 Å². The predicted octanol–water partition coefficient (Wildman–Crippen LogP) is 2.56. The number of aromatic nitrogens is 2. The van der Waals surface area contributed by atoms with E-state index in [2.05, 4.69) is 41.6 Å². The second-order valence-electron chi connectivity index (χ2n) is 4.86. The SMILES string of the molecule is CNCC(C)c1ccc(Cn2ccc(C)n2)cc1. The fraction of sp³-hybridized carbons (Fsp3) is 0.400.